The summed E-state index contributed by atoms with van der Waals surface area (Å²) in [6.07, 6.45) is 5.66. The van der Waals surface area contributed by atoms with E-state index in [0.717, 1.165) is 35.5 Å². The van der Waals surface area contributed by atoms with Crippen molar-refractivity contribution in [3.8, 4) is 6.07 Å². The Morgan fingerprint density at radius 1 is 1.31 bits per heavy atom. The van der Waals surface area contributed by atoms with Crippen molar-refractivity contribution in [2.45, 2.75) is 92.8 Å². The summed E-state index contributed by atoms with van der Waals surface area (Å²) in [5.74, 6) is -2.25. The van der Waals surface area contributed by atoms with Gasteiger partial charge in [0.25, 0.3) is 0 Å². The predicted molar refractivity (Wildman–Crippen MR) is 139 cm³/mol. The molecular weight excluding hydrogens is 460 g/mol. The first kappa shape index (κ1) is 28.9. The number of aromatic nitrogens is 1. The van der Waals surface area contributed by atoms with E-state index in [-0.39, 0.29) is 18.1 Å². The highest BCUT2D eigenvalue weighted by atomic mass is 32.1. The lowest BCUT2D eigenvalue weighted by atomic mass is 9.69. The Morgan fingerprint density at radius 2 is 2.00 bits per heavy atom. The van der Waals surface area contributed by atoms with Crippen LogP contribution in [0.15, 0.2) is 22.6 Å². The number of hydrogen-bond donors (Lipinski definition) is 1. The molecule has 0 saturated carbocycles. The van der Waals surface area contributed by atoms with Crippen LogP contribution in [-0.4, -0.2) is 34.1 Å². The van der Waals surface area contributed by atoms with E-state index in [1.54, 1.807) is 32.1 Å². The second-order valence-electron chi connectivity index (χ2n) is 10.6. The van der Waals surface area contributed by atoms with Gasteiger partial charge in [0.1, 0.15) is 11.9 Å². The molecule has 0 aliphatic carbocycles. The van der Waals surface area contributed by atoms with Crippen LogP contribution >= 0.6 is 11.3 Å². The van der Waals surface area contributed by atoms with Crippen LogP contribution < -0.4 is 0 Å². The van der Waals surface area contributed by atoms with E-state index in [2.05, 4.69) is 24.1 Å². The lowest BCUT2D eigenvalue weighted by molar-refractivity contribution is -0.149. The van der Waals surface area contributed by atoms with Crippen LogP contribution in [0.25, 0.3) is 6.08 Å². The largest absolute Gasteiger partial charge is 0.457 e. The number of rotatable bonds is 2. The number of aryl methyl sites for hydroxylation is 1. The van der Waals surface area contributed by atoms with Gasteiger partial charge in [-0.05, 0) is 57.6 Å². The van der Waals surface area contributed by atoms with Crippen molar-refractivity contribution in [2.24, 2.45) is 23.2 Å². The molecule has 1 aliphatic rings. The van der Waals surface area contributed by atoms with Gasteiger partial charge in [0.05, 0.1) is 35.2 Å². The first-order chi connectivity index (χ1) is 16.4. The second kappa shape index (κ2) is 12.6. The summed E-state index contributed by atoms with van der Waals surface area (Å²) in [7, 11) is 0. The van der Waals surface area contributed by atoms with Gasteiger partial charge in [-0.2, -0.15) is 5.26 Å². The number of hydrogen-bond acceptors (Lipinski definition) is 7. The van der Waals surface area contributed by atoms with Crippen LogP contribution in [-0.2, 0) is 14.3 Å². The van der Waals surface area contributed by atoms with Gasteiger partial charge in [-0.15, -0.1) is 11.3 Å². The van der Waals surface area contributed by atoms with Crippen molar-refractivity contribution in [3.63, 3.8) is 0 Å². The number of ether oxygens (including phenoxy) is 1. The number of aliphatic hydroxyl groups excluding tert-OH is 1. The minimum absolute atomic E-state index is 0.0459. The van der Waals surface area contributed by atoms with Crippen molar-refractivity contribution in [1.29, 1.82) is 5.26 Å². The van der Waals surface area contributed by atoms with Crippen molar-refractivity contribution in [3.05, 3.63) is 33.3 Å². The minimum atomic E-state index is -1.10. The van der Waals surface area contributed by atoms with Gasteiger partial charge in [-0.3, -0.25) is 9.59 Å². The average molecular weight is 501 g/mol. The fourth-order valence-corrected chi connectivity index (χ4v) is 5.20. The van der Waals surface area contributed by atoms with Gasteiger partial charge < -0.3 is 9.84 Å². The zero-order chi connectivity index (χ0) is 26.3. The number of thiazole rings is 1. The number of cyclic esters (lactones) is 1. The lowest BCUT2D eigenvalue weighted by Crippen LogP contribution is -2.43. The van der Waals surface area contributed by atoms with Crippen LogP contribution in [0.5, 0.6) is 0 Å². The molecule has 0 fully saturated rings. The molecule has 0 saturated heterocycles. The van der Waals surface area contributed by atoms with Gasteiger partial charge in [0.2, 0.25) is 0 Å². The SMILES string of the molecule is CC1=CC[C@@H](C(C)=Cc2csc(C)n2)OC(=O)C[C@@H](C#N)C(C)(C)C(=O)C(C)[C@@H](O)[C@@H](C)CCC1. The highest BCUT2D eigenvalue weighted by Crippen LogP contribution is 2.36. The number of carbonyl (C=O) groups excluding carboxylic acids is 2. The van der Waals surface area contributed by atoms with Crippen molar-refractivity contribution in [2.75, 3.05) is 0 Å². The molecule has 7 heteroatoms. The number of carbonyl (C=O) groups is 2. The lowest BCUT2D eigenvalue weighted by Gasteiger charge is -2.34. The van der Waals surface area contributed by atoms with Gasteiger partial charge in [-0.25, -0.2) is 4.98 Å². The third kappa shape index (κ3) is 7.85. The van der Waals surface area contributed by atoms with E-state index in [4.69, 9.17) is 4.74 Å². The van der Waals surface area contributed by atoms with E-state index in [1.807, 2.05) is 32.2 Å². The first-order valence-corrected chi connectivity index (χ1v) is 13.3. The van der Waals surface area contributed by atoms with E-state index in [0.29, 0.717) is 6.42 Å². The molecule has 0 spiro atoms. The first-order valence-electron chi connectivity index (χ1n) is 12.4. The van der Waals surface area contributed by atoms with Gasteiger partial charge >= 0.3 is 5.97 Å². The predicted octanol–water partition coefficient (Wildman–Crippen LogP) is 6.05. The van der Waals surface area contributed by atoms with Crippen LogP contribution in [0.3, 0.4) is 0 Å². The molecule has 0 amide bonds. The Bertz CT molecular complexity index is 1000. The number of Topliss-reactive ketones (excluding diaryl/α,β-unsaturated/α-hetero) is 1. The molecule has 1 aromatic heterocycles. The summed E-state index contributed by atoms with van der Waals surface area (Å²) in [5, 5.41) is 23.6. The Kier molecular flexibility index (Phi) is 10.4. The Labute approximate surface area is 214 Å². The van der Waals surface area contributed by atoms with Crippen LogP contribution in [0.4, 0.5) is 0 Å². The molecule has 2 heterocycles. The summed E-state index contributed by atoms with van der Waals surface area (Å²) in [5.41, 5.74) is 1.80. The van der Waals surface area contributed by atoms with Crippen LogP contribution in [0, 0.1) is 41.4 Å². The summed E-state index contributed by atoms with van der Waals surface area (Å²) in [6.45, 7) is 13.0. The molecule has 0 aromatic carbocycles. The fraction of sp³-hybridized carbons (Fsp3) is 0.643. The van der Waals surface area contributed by atoms with E-state index in [1.165, 1.54) is 5.57 Å². The summed E-state index contributed by atoms with van der Waals surface area (Å²) < 4.78 is 5.88. The van der Waals surface area contributed by atoms with Crippen molar-refractivity contribution < 1.29 is 19.4 Å². The number of aliphatic hydroxyl groups is 1. The van der Waals surface area contributed by atoms with E-state index in [9.17, 15) is 20.0 Å². The standard InChI is InChI=1S/C28H40N2O4S/c1-17-9-8-10-18(2)26(32)20(4)27(33)28(6,7)22(15-29)14-25(31)34-24(12-11-17)19(3)13-23-16-35-21(5)30-23/h11,13,16,18,20,22,24,26,32H,8-10,12,14H2,1-7H3/t18-,20?,22-,24-,26-/m0/s1. The molecule has 1 N–H and O–H groups in total. The minimum Gasteiger partial charge on any atom is -0.457 e. The molecule has 0 radical (unpaired) electrons. The smallest absolute Gasteiger partial charge is 0.307 e. The quantitative estimate of drug-likeness (QED) is 0.392. The number of nitriles is 1. The molecule has 5 atom stereocenters. The molecule has 6 nitrogen and oxygen atoms in total. The van der Waals surface area contributed by atoms with Gasteiger partial charge in [0, 0.05) is 23.1 Å². The maximum Gasteiger partial charge on any atom is 0.307 e. The maximum atomic E-state index is 13.3. The second-order valence-corrected chi connectivity index (χ2v) is 11.6. The summed E-state index contributed by atoms with van der Waals surface area (Å²) in [6, 6.07) is 2.16. The average Bonchev–Trinajstić information content (AvgIpc) is 3.21. The zero-order valence-electron chi connectivity index (χ0n) is 22.1. The number of ketones is 1. The third-order valence-electron chi connectivity index (χ3n) is 7.25. The molecule has 1 aromatic rings. The van der Waals surface area contributed by atoms with E-state index >= 15 is 0 Å². The highest BCUT2D eigenvalue weighted by Gasteiger charge is 2.43. The van der Waals surface area contributed by atoms with Crippen molar-refractivity contribution in [1.82, 2.24) is 4.98 Å². The van der Waals surface area contributed by atoms with E-state index < -0.39 is 35.4 Å². The van der Waals surface area contributed by atoms with Crippen LogP contribution in [0.2, 0.25) is 0 Å². The Balaban J connectivity index is 2.38. The normalized spacial score (nSPS) is 29.7. The molecule has 1 unspecified atom stereocenters. The molecule has 2 rings (SSSR count). The zero-order valence-corrected chi connectivity index (χ0v) is 22.9. The molecule has 35 heavy (non-hydrogen) atoms. The fourth-order valence-electron chi connectivity index (χ4n) is 4.63. The Morgan fingerprint density at radius 3 is 2.60 bits per heavy atom. The number of esters is 1. The van der Waals surface area contributed by atoms with Crippen molar-refractivity contribution >= 4 is 29.2 Å². The molecule has 0 bridgehead atoms. The van der Waals surface area contributed by atoms with Gasteiger partial charge in [0.15, 0.2) is 0 Å². The number of nitrogens with zero attached hydrogens (tertiary/aromatic N) is 2. The summed E-state index contributed by atoms with van der Waals surface area (Å²) >= 11 is 1.56. The Hall–Kier alpha value is -2.30. The van der Waals surface area contributed by atoms with Crippen LogP contribution in [0.1, 0.15) is 84.3 Å². The molecule has 1 aliphatic heterocycles. The summed E-state index contributed by atoms with van der Waals surface area (Å²) in [4.78, 5) is 30.8. The highest BCUT2D eigenvalue weighted by molar-refractivity contribution is 7.09. The topological polar surface area (TPSA) is 100 Å². The number of allylic oxidation sites excluding steroid dienone is 1. The van der Waals surface area contributed by atoms with Gasteiger partial charge in [-0.1, -0.05) is 39.3 Å². The molecular formula is C28H40N2O4S. The monoisotopic (exact) mass is 500 g/mol. The third-order valence-corrected chi connectivity index (χ3v) is 8.04. The molecule has 192 valence electrons. The maximum absolute atomic E-state index is 13.3.